The van der Waals surface area contributed by atoms with Crippen LogP contribution >= 0.6 is 0 Å². The van der Waals surface area contributed by atoms with Gasteiger partial charge in [-0.2, -0.15) is 5.10 Å². The van der Waals surface area contributed by atoms with Gasteiger partial charge in [-0.05, 0) is 30.2 Å². The molecular formula is C20H18FN3O2. The Hall–Kier alpha value is -3.15. The first kappa shape index (κ1) is 16.3. The summed E-state index contributed by atoms with van der Waals surface area (Å²) in [5, 5.41) is 6.92. The minimum absolute atomic E-state index is 0.0987. The molecule has 0 unspecified atom stereocenters. The van der Waals surface area contributed by atoms with E-state index in [4.69, 9.17) is 4.74 Å². The second-order valence-electron chi connectivity index (χ2n) is 6.24. The number of hydrogen-bond acceptors (Lipinski definition) is 3. The van der Waals surface area contributed by atoms with Crippen LogP contribution in [-0.2, 0) is 6.61 Å². The van der Waals surface area contributed by atoms with Gasteiger partial charge in [0.25, 0.3) is 5.91 Å². The molecule has 2 heterocycles. The molecule has 1 aromatic heterocycles. The van der Waals surface area contributed by atoms with Crippen molar-refractivity contribution in [2.45, 2.75) is 19.1 Å². The van der Waals surface area contributed by atoms with Crippen molar-refractivity contribution in [1.82, 2.24) is 15.1 Å². The van der Waals surface area contributed by atoms with Gasteiger partial charge in [-0.15, -0.1) is 0 Å². The van der Waals surface area contributed by atoms with Gasteiger partial charge in [-0.25, -0.2) is 4.39 Å². The second-order valence-corrected chi connectivity index (χ2v) is 6.24. The third kappa shape index (κ3) is 3.31. The standard InChI is InChI=1S/C20H18FN3O2/c21-15-7-4-8-17(11-15)26-13-16-12-18(23-22-16)20(25)24-10-9-19(24)14-5-2-1-3-6-14/h1-8,11-12,19H,9-10,13H2,(H,22,23)/t19-/m1/s1. The summed E-state index contributed by atoms with van der Waals surface area (Å²) in [6.07, 6.45) is 0.954. The highest BCUT2D eigenvalue weighted by Crippen LogP contribution is 2.34. The van der Waals surface area contributed by atoms with Crippen molar-refractivity contribution in [2.24, 2.45) is 0 Å². The fourth-order valence-electron chi connectivity index (χ4n) is 3.06. The number of aromatic nitrogens is 2. The molecule has 1 N–H and O–H groups in total. The van der Waals surface area contributed by atoms with E-state index in [1.807, 2.05) is 35.2 Å². The SMILES string of the molecule is O=C(c1cc(COc2cccc(F)c2)[nH]n1)N1CC[C@@H]1c1ccccc1. The zero-order valence-corrected chi connectivity index (χ0v) is 14.1. The number of H-pyrrole nitrogens is 1. The molecule has 0 spiro atoms. The summed E-state index contributed by atoms with van der Waals surface area (Å²) in [6.45, 7) is 0.909. The van der Waals surface area contributed by atoms with Gasteiger partial charge >= 0.3 is 0 Å². The van der Waals surface area contributed by atoms with Gasteiger partial charge in [0, 0.05) is 12.6 Å². The highest BCUT2D eigenvalue weighted by molar-refractivity contribution is 5.93. The summed E-state index contributed by atoms with van der Waals surface area (Å²) in [4.78, 5) is 14.5. The average Bonchev–Trinajstić information content (AvgIpc) is 3.09. The number of amides is 1. The van der Waals surface area contributed by atoms with Crippen molar-refractivity contribution in [3.8, 4) is 5.75 Å². The van der Waals surface area contributed by atoms with E-state index in [2.05, 4.69) is 10.2 Å². The third-order valence-electron chi connectivity index (χ3n) is 4.51. The zero-order valence-electron chi connectivity index (χ0n) is 14.1. The van der Waals surface area contributed by atoms with E-state index in [-0.39, 0.29) is 24.4 Å². The van der Waals surface area contributed by atoms with E-state index < -0.39 is 0 Å². The van der Waals surface area contributed by atoms with Crippen LogP contribution in [-0.4, -0.2) is 27.5 Å². The van der Waals surface area contributed by atoms with Gasteiger partial charge in [0.2, 0.25) is 0 Å². The maximum Gasteiger partial charge on any atom is 0.274 e. The molecule has 0 radical (unpaired) electrons. The predicted octanol–water partition coefficient (Wildman–Crippen LogP) is 3.72. The smallest absolute Gasteiger partial charge is 0.274 e. The number of rotatable bonds is 5. The fraction of sp³-hybridized carbons (Fsp3) is 0.200. The Morgan fingerprint density at radius 3 is 2.77 bits per heavy atom. The van der Waals surface area contributed by atoms with Crippen LogP contribution < -0.4 is 4.74 Å². The van der Waals surface area contributed by atoms with E-state index >= 15 is 0 Å². The van der Waals surface area contributed by atoms with Crippen LogP contribution in [0.3, 0.4) is 0 Å². The van der Waals surface area contributed by atoms with Gasteiger partial charge < -0.3 is 9.64 Å². The van der Waals surface area contributed by atoms with Gasteiger partial charge in [0.05, 0.1) is 11.7 Å². The minimum Gasteiger partial charge on any atom is -0.487 e. The van der Waals surface area contributed by atoms with E-state index in [0.29, 0.717) is 17.1 Å². The molecule has 0 bridgehead atoms. The molecule has 1 atom stereocenters. The molecule has 1 fully saturated rings. The third-order valence-corrected chi connectivity index (χ3v) is 4.51. The Balaban J connectivity index is 1.40. The lowest BCUT2D eigenvalue weighted by molar-refractivity contribution is 0.0454. The normalized spacial score (nSPS) is 16.2. The Labute approximate surface area is 150 Å². The van der Waals surface area contributed by atoms with Crippen molar-refractivity contribution in [2.75, 3.05) is 6.54 Å². The number of likely N-dealkylation sites (tertiary alicyclic amines) is 1. The number of hydrogen-bond donors (Lipinski definition) is 1. The van der Waals surface area contributed by atoms with Crippen molar-refractivity contribution in [3.63, 3.8) is 0 Å². The van der Waals surface area contributed by atoms with Crippen molar-refractivity contribution < 1.29 is 13.9 Å². The van der Waals surface area contributed by atoms with Crippen LogP contribution in [0.15, 0.2) is 60.7 Å². The highest BCUT2D eigenvalue weighted by atomic mass is 19.1. The van der Waals surface area contributed by atoms with Gasteiger partial charge in [0.15, 0.2) is 5.69 Å². The molecule has 5 nitrogen and oxygen atoms in total. The molecule has 1 aliphatic heterocycles. The first-order chi connectivity index (χ1) is 12.7. The Morgan fingerprint density at radius 1 is 1.19 bits per heavy atom. The minimum atomic E-state index is -0.354. The van der Waals surface area contributed by atoms with Crippen LogP contribution in [0.2, 0.25) is 0 Å². The molecule has 0 aliphatic carbocycles. The molecule has 1 saturated heterocycles. The molecular weight excluding hydrogens is 333 g/mol. The van der Waals surface area contributed by atoms with Gasteiger partial charge in [0.1, 0.15) is 18.2 Å². The first-order valence-electron chi connectivity index (χ1n) is 8.49. The average molecular weight is 351 g/mol. The molecule has 26 heavy (non-hydrogen) atoms. The van der Waals surface area contributed by atoms with Crippen molar-refractivity contribution in [1.29, 1.82) is 0 Å². The van der Waals surface area contributed by atoms with Crippen LogP contribution in [0.25, 0.3) is 0 Å². The topological polar surface area (TPSA) is 58.2 Å². The maximum absolute atomic E-state index is 13.2. The van der Waals surface area contributed by atoms with Gasteiger partial charge in [-0.3, -0.25) is 9.89 Å². The molecule has 4 rings (SSSR count). The lowest BCUT2D eigenvalue weighted by atomic mass is 9.94. The van der Waals surface area contributed by atoms with Crippen molar-refractivity contribution in [3.05, 3.63) is 83.4 Å². The van der Waals surface area contributed by atoms with Crippen LogP contribution in [0.5, 0.6) is 5.75 Å². The predicted molar refractivity (Wildman–Crippen MR) is 94.2 cm³/mol. The lowest BCUT2D eigenvalue weighted by Gasteiger charge is -2.40. The number of benzene rings is 2. The molecule has 1 aliphatic rings. The monoisotopic (exact) mass is 351 g/mol. The summed E-state index contributed by atoms with van der Waals surface area (Å²) in [6, 6.07) is 17.7. The van der Waals surface area contributed by atoms with Crippen LogP contribution in [0, 0.1) is 5.82 Å². The lowest BCUT2D eigenvalue weighted by Crippen LogP contribution is -2.45. The number of nitrogens with one attached hydrogen (secondary N) is 1. The second kappa shape index (κ2) is 7.00. The summed E-state index contributed by atoms with van der Waals surface area (Å²) >= 11 is 0. The number of carbonyl (C=O) groups is 1. The number of aromatic amines is 1. The fourth-order valence-corrected chi connectivity index (χ4v) is 3.06. The summed E-state index contributed by atoms with van der Waals surface area (Å²) in [7, 11) is 0. The Morgan fingerprint density at radius 2 is 2.04 bits per heavy atom. The molecule has 1 amide bonds. The van der Waals surface area contributed by atoms with Crippen molar-refractivity contribution >= 4 is 5.91 Å². The van der Waals surface area contributed by atoms with E-state index in [0.717, 1.165) is 18.5 Å². The largest absolute Gasteiger partial charge is 0.487 e. The van der Waals surface area contributed by atoms with Gasteiger partial charge in [-0.1, -0.05) is 36.4 Å². The summed E-state index contributed by atoms with van der Waals surface area (Å²) in [5.74, 6) is -0.0227. The number of carbonyl (C=O) groups excluding carboxylic acids is 1. The number of ether oxygens (including phenoxy) is 1. The maximum atomic E-state index is 13.2. The molecule has 3 aromatic rings. The highest BCUT2D eigenvalue weighted by Gasteiger charge is 2.34. The molecule has 132 valence electrons. The molecule has 2 aromatic carbocycles. The van der Waals surface area contributed by atoms with E-state index in [1.54, 1.807) is 18.2 Å². The first-order valence-corrected chi connectivity index (χ1v) is 8.49. The Bertz CT molecular complexity index is 910. The Kier molecular flexibility index (Phi) is 4.39. The molecule has 0 saturated carbocycles. The number of nitrogens with zero attached hydrogens (tertiary/aromatic N) is 2. The van der Waals surface area contributed by atoms with E-state index in [9.17, 15) is 9.18 Å². The van der Waals surface area contributed by atoms with Crippen LogP contribution in [0.1, 0.15) is 34.2 Å². The summed E-state index contributed by atoms with van der Waals surface area (Å²) in [5.41, 5.74) is 2.16. The zero-order chi connectivity index (χ0) is 17.9. The van der Waals surface area contributed by atoms with Crippen LogP contribution in [0.4, 0.5) is 4.39 Å². The molecule has 6 heteroatoms. The number of halogens is 1. The quantitative estimate of drug-likeness (QED) is 0.762. The summed E-state index contributed by atoms with van der Waals surface area (Å²) < 4.78 is 18.7. The van der Waals surface area contributed by atoms with E-state index in [1.165, 1.54) is 12.1 Å².